The molecule has 3 rings (SSSR count). The van der Waals surface area contributed by atoms with Gasteiger partial charge in [0.1, 0.15) is 12.2 Å². The van der Waals surface area contributed by atoms with Crippen LogP contribution < -0.4 is 5.32 Å². The van der Waals surface area contributed by atoms with Crippen LogP contribution in [-0.2, 0) is 29.1 Å². The molecule has 0 saturated heterocycles. The highest BCUT2D eigenvalue weighted by atomic mass is 16.4. The van der Waals surface area contributed by atoms with E-state index in [0.717, 1.165) is 24.8 Å². The van der Waals surface area contributed by atoms with Crippen LogP contribution in [0.5, 0.6) is 0 Å². The van der Waals surface area contributed by atoms with E-state index in [-0.39, 0.29) is 24.9 Å². The molecule has 0 bridgehead atoms. The number of aryl methyl sites for hydroxylation is 1. The third-order valence-electron chi connectivity index (χ3n) is 4.01. The Morgan fingerprint density at radius 3 is 3.00 bits per heavy atom. The summed E-state index contributed by atoms with van der Waals surface area (Å²) in [4.78, 5) is 23.1. The summed E-state index contributed by atoms with van der Waals surface area (Å²) in [7, 11) is 0. The Morgan fingerprint density at radius 2 is 2.17 bits per heavy atom. The van der Waals surface area contributed by atoms with Crippen molar-refractivity contribution in [1.29, 1.82) is 0 Å². The predicted molar refractivity (Wildman–Crippen MR) is 81.6 cm³/mol. The molecule has 1 aromatic carbocycles. The van der Waals surface area contributed by atoms with Crippen LogP contribution in [0.15, 0.2) is 30.5 Å². The van der Waals surface area contributed by atoms with Gasteiger partial charge in [0.2, 0.25) is 5.91 Å². The fraction of sp³-hybridized carbons (Fsp3) is 0.375. The number of amides is 1. The van der Waals surface area contributed by atoms with E-state index >= 15 is 0 Å². The number of benzene rings is 1. The number of aliphatic carboxylic acids is 1. The molecule has 1 heterocycles. The van der Waals surface area contributed by atoms with Crippen LogP contribution in [0.3, 0.4) is 0 Å². The van der Waals surface area contributed by atoms with Crippen molar-refractivity contribution in [3.05, 3.63) is 47.3 Å². The second-order valence-corrected chi connectivity index (χ2v) is 5.66. The smallest absolute Gasteiger partial charge is 0.325 e. The summed E-state index contributed by atoms with van der Waals surface area (Å²) in [5.41, 5.74) is 2.89. The largest absolute Gasteiger partial charge is 0.480 e. The molecule has 0 spiro atoms. The number of carbonyl (C=O) groups excluding carboxylic acids is 1. The zero-order chi connectivity index (χ0) is 16.2. The Bertz CT molecular complexity index is 726. The second-order valence-electron chi connectivity index (χ2n) is 5.66. The summed E-state index contributed by atoms with van der Waals surface area (Å²) in [6, 6.07) is 8.05. The van der Waals surface area contributed by atoms with Gasteiger partial charge in [-0.1, -0.05) is 29.5 Å². The number of carbonyl (C=O) groups is 2. The Labute approximate surface area is 133 Å². The highest BCUT2D eigenvalue weighted by Crippen LogP contribution is 2.31. The van der Waals surface area contributed by atoms with Crippen molar-refractivity contribution in [1.82, 2.24) is 20.3 Å². The van der Waals surface area contributed by atoms with E-state index in [4.69, 9.17) is 5.11 Å². The van der Waals surface area contributed by atoms with Crippen LogP contribution in [0.4, 0.5) is 0 Å². The molecule has 1 aromatic heterocycles. The molecule has 1 aliphatic carbocycles. The lowest BCUT2D eigenvalue weighted by Gasteiger charge is -2.24. The number of fused-ring (bicyclic) bond motifs is 1. The average Bonchev–Trinajstić information content (AvgIpc) is 2.98. The first-order valence-electron chi connectivity index (χ1n) is 7.60. The number of hydrogen-bond donors (Lipinski definition) is 2. The molecule has 7 heteroatoms. The molecule has 1 amide bonds. The van der Waals surface area contributed by atoms with Gasteiger partial charge in [0.25, 0.3) is 0 Å². The number of nitrogens with one attached hydrogen (secondary N) is 1. The minimum Gasteiger partial charge on any atom is -0.480 e. The van der Waals surface area contributed by atoms with Gasteiger partial charge >= 0.3 is 5.97 Å². The maximum Gasteiger partial charge on any atom is 0.325 e. The zero-order valence-corrected chi connectivity index (χ0v) is 12.6. The molecule has 1 aliphatic rings. The lowest BCUT2D eigenvalue weighted by molar-refractivity contribution is -0.138. The second kappa shape index (κ2) is 6.60. The Morgan fingerprint density at radius 1 is 1.35 bits per heavy atom. The third-order valence-corrected chi connectivity index (χ3v) is 4.01. The summed E-state index contributed by atoms with van der Waals surface area (Å²) in [5, 5.41) is 19.2. The summed E-state index contributed by atoms with van der Waals surface area (Å²) in [6.07, 6.45) is 4.39. The van der Waals surface area contributed by atoms with Crippen molar-refractivity contribution in [2.45, 2.75) is 38.3 Å². The van der Waals surface area contributed by atoms with Crippen molar-refractivity contribution < 1.29 is 14.7 Å². The van der Waals surface area contributed by atoms with Crippen molar-refractivity contribution in [3.8, 4) is 0 Å². The van der Waals surface area contributed by atoms with Gasteiger partial charge in [-0.2, -0.15) is 0 Å². The average molecular weight is 314 g/mol. The first kappa shape index (κ1) is 15.2. The SMILES string of the molecule is O=C(O)Cn1cc(CNC(=O)C2CCCc3ccccc32)nn1. The lowest BCUT2D eigenvalue weighted by Crippen LogP contribution is -2.31. The van der Waals surface area contributed by atoms with Crippen molar-refractivity contribution >= 4 is 11.9 Å². The van der Waals surface area contributed by atoms with Crippen LogP contribution in [0.25, 0.3) is 0 Å². The van der Waals surface area contributed by atoms with Gasteiger partial charge < -0.3 is 10.4 Å². The van der Waals surface area contributed by atoms with E-state index < -0.39 is 5.97 Å². The van der Waals surface area contributed by atoms with E-state index in [2.05, 4.69) is 21.7 Å². The molecule has 23 heavy (non-hydrogen) atoms. The van der Waals surface area contributed by atoms with E-state index in [9.17, 15) is 9.59 Å². The van der Waals surface area contributed by atoms with Gasteiger partial charge in [0.15, 0.2) is 0 Å². The highest BCUT2D eigenvalue weighted by Gasteiger charge is 2.25. The van der Waals surface area contributed by atoms with Crippen LogP contribution >= 0.6 is 0 Å². The first-order chi connectivity index (χ1) is 11.1. The number of nitrogens with zero attached hydrogens (tertiary/aromatic N) is 3. The van der Waals surface area contributed by atoms with Crippen molar-refractivity contribution in [2.24, 2.45) is 0 Å². The van der Waals surface area contributed by atoms with E-state index in [1.165, 1.54) is 16.4 Å². The van der Waals surface area contributed by atoms with E-state index in [0.29, 0.717) is 5.69 Å². The number of hydrogen-bond acceptors (Lipinski definition) is 4. The first-order valence-corrected chi connectivity index (χ1v) is 7.60. The summed E-state index contributed by atoms with van der Waals surface area (Å²) in [5.74, 6) is -1.14. The molecule has 2 N–H and O–H groups in total. The maximum absolute atomic E-state index is 12.5. The molecule has 7 nitrogen and oxygen atoms in total. The maximum atomic E-state index is 12.5. The van der Waals surface area contributed by atoms with Gasteiger partial charge in [-0.3, -0.25) is 9.59 Å². The quantitative estimate of drug-likeness (QED) is 0.861. The van der Waals surface area contributed by atoms with Gasteiger partial charge in [0.05, 0.1) is 18.7 Å². The highest BCUT2D eigenvalue weighted by molar-refractivity contribution is 5.84. The fourth-order valence-electron chi connectivity index (χ4n) is 2.96. The molecule has 2 aromatic rings. The van der Waals surface area contributed by atoms with Crippen molar-refractivity contribution in [3.63, 3.8) is 0 Å². The monoisotopic (exact) mass is 314 g/mol. The van der Waals surface area contributed by atoms with Gasteiger partial charge in [-0.15, -0.1) is 5.10 Å². The number of carboxylic acids is 1. The minimum atomic E-state index is -0.982. The molecule has 0 saturated carbocycles. The van der Waals surface area contributed by atoms with E-state index in [1.54, 1.807) is 0 Å². The van der Waals surface area contributed by atoms with Crippen LogP contribution in [0, 0.1) is 0 Å². The van der Waals surface area contributed by atoms with Gasteiger partial charge in [0, 0.05) is 0 Å². The molecule has 0 fully saturated rings. The molecule has 1 atom stereocenters. The normalized spacial score (nSPS) is 16.6. The van der Waals surface area contributed by atoms with Crippen LogP contribution in [0.2, 0.25) is 0 Å². The van der Waals surface area contributed by atoms with Crippen LogP contribution in [-0.4, -0.2) is 32.0 Å². The number of rotatable bonds is 5. The minimum absolute atomic E-state index is 0.0232. The third kappa shape index (κ3) is 3.56. The molecule has 120 valence electrons. The molecule has 1 unspecified atom stereocenters. The predicted octanol–water partition coefficient (Wildman–Crippen LogP) is 1.10. The Kier molecular flexibility index (Phi) is 4.36. The summed E-state index contributed by atoms with van der Waals surface area (Å²) in [6.45, 7) is 0.00800. The number of aromatic nitrogens is 3. The fourth-order valence-corrected chi connectivity index (χ4v) is 2.96. The van der Waals surface area contributed by atoms with Crippen LogP contribution in [0.1, 0.15) is 35.6 Å². The molecular weight excluding hydrogens is 296 g/mol. The Balaban J connectivity index is 1.62. The van der Waals surface area contributed by atoms with Crippen molar-refractivity contribution in [2.75, 3.05) is 0 Å². The Hall–Kier alpha value is -2.70. The van der Waals surface area contributed by atoms with Gasteiger partial charge in [-0.05, 0) is 30.4 Å². The lowest BCUT2D eigenvalue weighted by atomic mass is 9.82. The zero-order valence-electron chi connectivity index (χ0n) is 12.6. The van der Waals surface area contributed by atoms with Gasteiger partial charge in [-0.25, -0.2) is 4.68 Å². The van der Waals surface area contributed by atoms with E-state index in [1.807, 2.05) is 18.2 Å². The summed E-state index contributed by atoms with van der Waals surface area (Å²) >= 11 is 0. The number of carboxylic acid groups (broad SMARTS) is 1. The standard InChI is InChI=1S/C16H18N4O3/c21-15(22)10-20-9-12(18-19-20)8-17-16(23)14-7-3-5-11-4-1-2-6-13(11)14/h1-2,4,6,9,14H,3,5,7-8,10H2,(H,17,23)(H,21,22). The molecule has 0 aliphatic heterocycles. The molecular formula is C16H18N4O3. The summed E-state index contributed by atoms with van der Waals surface area (Å²) < 4.78 is 1.24. The topological polar surface area (TPSA) is 97.1 Å². The molecule has 0 radical (unpaired) electrons.